The highest BCUT2D eigenvalue weighted by Gasteiger charge is 2.83. The third-order valence-electron chi connectivity index (χ3n) is 10.8. The summed E-state index contributed by atoms with van der Waals surface area (Å²) in [6.07, 6.45) is 0. The third-order valence-corrected chi connectivity index (χ3v) is 10.8. The predicted molar refractivity (Wildman–Crippen MR) is 191 cm³/mol. The number of imide groups is 1. The molecule has 2 bridgehead atoms. The fourth-order valence-electron chi connectivity index (χ4n) is 8.85. The van der Waals surface area contributed by atoms with Gasteiger partial charge in [0.15, 0.2) is 5.78 Å². The van der Waals surface area contributed by atoms with Gasteiger partial charge in [-0.3, -0.25) is 24.5 Å². The third kappa shape index (κ3) is 4.18. The molecule has 2 aliphatic carbocycles. The van der Waals surface area contributed by atoms with Gasteiger partial charge in [-0.2, -0.15) is 0 Å². The molecule has 1 saturated heterocycles. The van der Waals surface area contributed by atoms with Crippen LogP contribution in [0.25, 0.3) is 11.1 Å². The average molecular weight is 677 g/mol. The Labute approximate surface area is 293 Å². The van der Waals surface area contributed by atoms with Gasteiger partial charge in [0.1, 0.15) is 17.2 Å². The minimum atomic E-state index is -1.66. The summed E-state index contributed by atoms with van der Waals surface area (Å²) in [7, 11) is 3.14. The molecular formula is C42H32N2O7. The number of aryl methyl sites for hydroxylation is 1. The van der Waals surface area contributed by atoms with Crippen LogP contribution in [0.2, 0.25) is 0 Å². The molecule has 1 saturated carbocycles. The Morgan fingerprint density at radius 1 is 0.627 bits per heavy atom. The lowest BCUT2D eigenvalue weighted by molar-refractivity contribution is -0.384. The second-order valence-electron chi connectivity index (χ2n) is 13.1. The molecule has 1 heterocycles. The van der Waals surface area contributed by atoms with Crippen molar-refractivity contribution in [1.82, 2.24) is 0 Å². The van der Waals surface area contributed by atoms with Crippen LogP contribution in [0.5, 0.6) is 11.5 Å². The number of nitro benzene ring substituents is 1. The van der Waals surface area contributed by atoms with E-state index in [2.05, 4.69) is 0 Å². The lowest BCUT2D eigenvalue weighted by Gasteiger charge is -2.39. The summed E-state index contributed by atoms with van der Waals surface area (Å²) in [5.74, 6) is -2.85. The number of ether oxygens (including phenoxy) is 2. The molecule has 0 unspecified atom stereocenters. The van der Waals surface area contributed by atoms with Gasteiger partial charge in [0.25, 0.3) is 5.69 Å². The monoisotopic (exact) mass is 676 g/mol. The number of hydrogen-bond donors (Lipinski definition) is 0. The summed E-state index contributed by atoms with van der Waals surface area (Å²) in [6, 6.07) is 37.4. The van der Waals surface area contributed by atoms with Crippen molar-refractivity contribution < 1.29 is 28.8 Å². The maximum Gasteiger partial charge on any atom is 0.293 e. The molecule has 2 fully saturated rings. The molecule has 9 heteroatoms. The maximum absolute atomic E-state index is 16.1. The molecular weight excluding hydrogens is 644 g/mol. The summed E-state index contributed by atoms with van der Waals surface area (Å²) in [5, 5.41) is 12.4. The normalized spacial score (nSPS) is 23.5. The Kier molecular flexibility index (Phi) is 7.27. The summed E-state index contributed by atoms with van der Waals surface area (Å²) in [6.45, 7) is 1.71. The number of amides is 2. The first-order valence-electron chi connectivity index (χ1n) is 16.5. The quantitative estimate of drug-likeness (QED) is 0.0977. The molecule has 4 atom stereocenters. The first-order valence-corrected chi connectivity index (χ1v) is 16.5. The van der Waals surface area contributed by atoms with Crippen LogP contribution in [-0.4, -0.2) is 36.7 Å². The van der Waals surface area contributed by atoms with E-state index in [4.69, 9.17) is 9.47 Å². The van der Waals surface area contributed by atoms with Crippen molar-refractivity contribution >= 4 is 40.1 Å². The van der Waals surface area contributed by atoms with Gasteiger partial charge in [-0.05, 0) is 76.2 Å². The van der Waals surface area contributed by atoms with E-state index < -0.39 is 39.4 Å². The van der Waals surface area contributed by atoms with E-state index in [0.29, 0.717) is 50.5 Å². The second-order valence-corrected chi connectivity index (χ2v) is 13.1. The number of carbonyl (C=O) groups excluding carboxylic acids is 3. The van der Waals surface area contributed by atoms with Crippen LogP contribution < -0.4 is 14.4 Å². The van der Waals surface area contributed by atoms with Crippen molar-refractivity contribution in [2.45, 2.75) is 17.8 Å². The van der Waals surface area contributed by atoms with E-state index in [1.807, 2.05) is 84.9 Å². The molecule has 0 spiro atoms. The topological polar surface area (TPSA) is 116 Å². The van der Waals surface area contributed by atoms with Crippen molar-refractivity contribution in [1.29, 1.82) is 0 Å². The van der Waals surface area contributed by atoms with E-state index in [9.17, 15) is 10.1 Å². The number of Topliss-reactive ketones (excluding diaryl/α,β-unsaturated/α-hetero) is 1. The predicted octanol–water partition coefficient (Wildman–Crippen LogP) is 7.11. The van der Waals surface area contributed by atoms with Crippen LogP contribution in [0, 0.1) is 28.9 Å². The number of carbonyl (C=O) groups is 3. The molecule has 0 N–H and O–H groups in total. The van der Waals surface area contributed by atoms with Gasteiger partial charge in [0.2, 0.25) is 11.8 Å². The lowest BCUT2D eigenvalue weighted by Crippen LogP contribution is -2.45. The average Bonchev–Trinajstić information content (AvgIpc) is 3.67. The zero-order valence-electron chi connectivity index (χ0n) is 28.0. The second kappa shape index (κ2) is 11.6. The number of rotatable bonds is 8. The summed E-state index contributed by atoms with van der Waals surface area (Å²) in [4.78, 5) is 59.3. The first kappa shape index (κ1) is 31.9. The Balaban J connectivity index is 1.54. The molecule has 252 valence electrons. The van der Waals surface area contributed by atoms with Gasteiger partial charge < -0.3 is 9.47 Å². The van der Waals surface area contributed by atoms with E-state index >= 15 is 14.4 Å². The van der Waals surface area contributed by atoms with E-state index in [1.54, 1.807) is 51.5 Å². The van der Waals surface area contributed by atoms with Gasteiger partial charge in [-0.15, -0.1) is 0 Å². The standard InChI is InChI=1S/C42H32N2O7/c1-25-14-23-32(33(24-25)44(48)49)43-38(45)36-37(39(43)46)42(29-12-8-5-9-13-29)35(27-17-21-31(51-3)22-18-27)34(26-15-19-30(50-2)20-16-26)41(36,40(42)47)28-10-6-4-7-11-28/h4-24,36-37H,1-3H3/t36-,37+,41-,42+. The zero-order chi connectivity index (χ0) is 35.7. The Morgan fingerprint density at radius 3 is 1.45 bits per heavy atom. The number of benzene rings is 5. The minimum Gasteiger partial charge on any atom is -0.497 e. The lowest BCUT2D eigenvalue weighted by atomic mass is 9.59. The Morgan fingerprint density at radius 2 is 1.06 bits per heavy atom. The number of allylic oxidation sites excluding steroid dienone is 2. The molecule has 8 rings (SSSR count). The number of methoxy groups -OCH3 is 2. The molecule has 2 amide bonds. The first-order chi connectivity index (χ1) is 24.7. The molecule has 0 radical (unpaired) electrons. The number of fused-ring (bicyclic) bond motifs is 5. The maximum atomic E-state index is 16.1. The van der Waals surface area contributed by atoms with Crippen molar-refractivity contribution in [3.63, 3.8) is 0 Å². The van der Waals surface area contributed by atoms with Crippen LogP contribution in [0.15, 0.2) is 127 Å². The molecule has 0 aromatic heterocycles. The highest BCUT2D eigenvalue weighted by atomic mass is 16.6. The highest BCUT2D eigenvalue weighted by Crippen LogP contribution is 2.74. The van der Waals surface area contributed by atoms with Crippen molar-refractivity contribution in [2.24, 2.45) is 11.8 Å². The summed E-state index contributed by atoms with van der Waals surface area (Å²) in [5.41, 5.74) is 0.450. The van der Waals surface area contributed by atoms with Crippen LogP contribution in [0.1, 0.15) is 27.8 Å². The van der Waals surface area contributed by atoms with Gasteiger partial charge in [-0.1, -0.05) is 91.0 Å². The van der Waals surface area contributed by atoms with Crippen molar-refractivity contribution in [3.8, 4) is 11.5 Å². The molecule has 9 nitrogen and oxygen atoms in total. The van der Waals surface area contributed by atoms with E-state index in [0.717, 1.165) is 4.90 Å². The van der Waals surface area contributed by atoms with Gasteiger partial charge in [-0.25, -0.2) is 4.90 Å². The zero-order valence-corrected chi connectivity index (χ0v) is 28.0. The van der Waals surface area contributed by atoms with Crippen LogP contribution >= 0.6 is 0 Å². The van der Waals surface area contributed by atoms with Gasteiger partial charge in [0, 0.05) is 6.07 Å². The smallest absolute Gasteiger partial charge is 0.293 e. The molecule has 3 aliphatic rings. The Bertz CT molecular complexity index is 2160. The van der Waals surface area contributed by atoms with Gasteiger partial charge >= 0.3 is 0 Å². The van der Waals surface area contributed by atoms with Crippen molar-refractivity contribution in [2.75, 3.05) is 19.1 Å². The van der Waals surface area contributed by atoms with Crippen LogP contribution in [0.4, 0.5) is 11.4 Å². The minimum absolute atomic E-state index is 0.120. The fourth-order valence-corrected chi connectivity index (χ4v) is 8.85. The highest BCUT2D eigenvalue weighted by molar-refractivity contribution is 6.39. The molecule has 5 aromatic rings. The fraction of sp³-hybridized carbons (Fsp3) is 0.167. The number of anilines is 1. The van der Waals surface area contributed by atoms with E-state index in [-0.39, 0.29) is 17.2 Å². The van der Waals surface area contributed by atoms with Crippen molar-refractivity contribution in [3.05, 3.63) is 165 Å². The summed E-state index contributed by atoms with van der Waals surface area (Å²) >= 11 is 0. The van der Waals surface area contributed by atoms with Gasteiger partial charge in [0.05, 0.1) is 41.8 Å². The van der Waals surface area contributed by atoms with Crippen LogP contribution in [-0.2, 0) is 25.2 Å². The number of hydrogen-bond acceptors (Lipinski definition) is 7. The largest absolute Gasteiger partial charge is 0.497 e. The number of nitrogens with zero attached hydrogens (tertiary/aromatic N) is 2. The molecule has 51 heavy (non-hydrogen) atoms. The van der Waals surface area contributed by atoms with Crippen LogP contribution in [0.3, 0.4) is 0 Å². The van der Waals surface area contributed by atoms with E-state index in [1.165, 1.54) is 12.1 Å². The Hall–Kier alpha value is -6.35. The SMILES string of the molecule is COc1ccc(C2=C(c3ccc(OC)cc3)[C@@]3(c4ccccc4)C(=O)[C@]2(c2ccccc2)[C@@H]2C(=O)N(c4ccc(C)cc4[N+](=O)[O-])C(=O)[C@@H]23)cc1. The number of nitro groups is 1. The number of ketones is 1. The summed E-state index contributed by atoms with van der Waals surface area (Å²) < 4.78 is 11.0. The molecule has 5 aromatic carbocycles. The molecule has 1 aliphatic heterocycles.